The lowest BCUT2D eigenvalue weighted by molar-refractivity contribution is 0.103. The lowest BCUT2D eigenvalue weighted by Gasteiger charge is -2.20. The fourth-order valence-electron chi connectivity index (χ4n) is 4.82. The van der Waals surface area contributed by atoms with E-state index in [0.717, 1.165) is 22.9 Å². The molecule has 2 aliphatic carbocycles. The predicted octanol–water partition coefficient (Wildman–Crippen LogP) is 6.25. The van der Waals surface area contributed by atoms with Crippen molar-refractivity contribution in [1.82, 2.24) is 0 Å². The number of hydrogen-bond donors (Lipinski definition) is 0. The van der Waals surface area contributed by atoms with Gasteiger partial charge in [0.25, 0.3) is 20.0 Å². The van der Waals surface area contributed by atoms with E-state index in [-0.39, 0.29) is 42.2 Å². The van der Waals surface area contributed by atoms with Gasteiger partial charge in [0.05, 0.1) is 31.0 Å². The van der Waals surface area contributed by atoms with Gasteiger partial charge in [-0.15, -0.1) is 0 Å². The molecule has 2 aliphatic rings. The summed E-state index contributed by atoms with van der Waals surface area (Å²) in [6.07, 6.45) is 2.69. The summed E-state index contributed by atoms with van der Waals surface area (Å²) in [5.74, 6) is -0.860. The van der Waals surface area contributed by atoms with Crippen LogP contribution in [-0.2, 0) is 20.0 Å². The number of allylic oxidation sites excluding steroid dienone is 4. The zero-order chi connectivity index (χ0) is 31.9. The van der Waals surface area contributed by atoms with E-state index in [1.165, 1.54) is 36.4 Å². The van der Waals surface area contributed by atoms with Gasteiger partial charge in [-0.25, -0.2) is 0 Å². The summed E-state index contributed by atoms with van der Waals surface area (Å²) in [4.78, 5) is 27.3. The first kappa shape index (κ1) is 30.3. The monoisotopic (exact) mass is 652 g/mol. The molecule has 0 heterocycles. The Morgan fingerprint density at radius 3 is 1.18 bits per heavy atom. The van der Waals surface area contributed by atoms with Crippen molar-refractivity contribution < 1.29 is 26.4 Å². The lowest BCUT2D eigenvalue weighted by Crippen LogP contribution is -2.20. The zero-order valence-corrected chi connectivity index (χ0v) is 26.4. The molecular formula is C34H24N2O6S3. The summed E-state index contributed by atoms with van der Waals surface area (Å²) in [5.41, 5.74) is 2.96. The van der Waals surface area contributed by atoms with Gasteiger partial charge in [-0.3, -0.25) is 9.59 Å². The highest BCUT2D eigenvalue weighted by atomic mass is 32.2. The maximum Gasteiger partial charge on any atom is 0.282 e. The Balaban J connectivity index is 1.45. The van der Waals surface area contributed by atoms with E-state index >= 15 is 0 Å². The Morgan fingerprint density at radius 1 is 0.489 bits per heavy atom. The fraction of sp³-hybridized carbons (Fsp3) is 0.0588. The lowest BCUT2D eigenvalue weighted by atomic mass is 9.94. The molecule has 0 saturated carbocycles. The molecule has 0 radical (unpaired) electrons. The molecule has 6 rings (SSSR count). The van der Waals surface area contributed by atoms with Gasteiger partial charge < -0.3 is 0 Å². The van der Waals surface area contributed by atoms with E-state index in [4.69, 9.17) is 0 Å². The largest absolute Gasteiger partial charge is 0.288 e. The number of carbonyl (C=O) groups excluding carboxylic acids is 2. The summed E-state index contributed by atoms with van der Waals surface area (Å²) < 4.78 is 61.2. The molecule has 224 valence electrons. The van der Waals surface area contributed by atoms with Crippen LogP contribution >= 0.6 is 11.8 Å². The topological polar surface area (TPSA) is 127 Å². The van der Waals surface area contributed by atoms with Crippen LogP contribution < -0.4 is 0 Å². The number of ketones is 2. The maximum atomic E-state index is 13.6. The second-order valence-corrected chi connectivity index (χ2v) is 14.7. The maximum absolute atomic E-state index is 13.6. The first-order chi connectivity index (χ1) is 21.4. The molecule has 0 unspecified atom stereocenters. The average Bonchev–Trinajstić information content (AvgIpc) is 3.02. The van der Waals surface area contributed by atoms with Crippen molar-refractivity contribution in [3.8, 4) is 0 Å². The number of carbonyl (C=O) groups is 2. The second kappa shape index (κ2) is 11.7. The van der Waals surface area contributed by atoms with Crippen LogP contribution in [0.15, 0.2) is 138 Å². The third-order valence-electron chi connectivity index (χ3n) is 7.17. The molecule has 0 spiro atoms. The van der Waals surface area contributed by atoms with Crippen LogP contribution in [0, 0.1) is 13.8 Å². The quantitative estimate of drug-likeness (QED) is 0.241. The van der Waals surface area contributed by atoms with Gasteiger partial charge in [0, 0.05) is 22.3 Å². The minimum Gasteiger partial charge on any atom is -0.288 e. The Bertz CT molecular complexity index is 2090. The molecular weight excluding hydrogens is 629 g/mol. The average molecular weight is 653 g/mol. The number of benzene rings is 4. The number of sulfonamides is 2. The van der Waals surface area contributed by atoms with Crippen molar-refractivity contribution in [3.63, 3.8) is 0 Å². The van der Waals surface area contributed by atoms with Gasteiger partial charge in [-0.2, -0.15) is 25.6 Å². The molecule has 4 aromatic rings. The molecule has 0 atom stereocenters. The minimum absolute atomic E-state index is 0.00463. The van der Waals surface area contributed by atoms with E-state index in [1.807, 2.05) is 13.8 Å². The summed E-state index contributed by atoms with van der Waals surface area (Å²) in [5, 5.41) is 0. The summed E-state index contributed by atoms with van der Waals surface area (Å²) in [7, 11) is -8.29. The van der Waals surface area contributed by atoms with Crippen molar-refractivity contribution in [1.29, 1.82) is 0 Å². The molecule has 0 aliphatic heterocycles. The number of Topliss-reactive ketones (excluding diaryl/α,β-unsaturated/α-hetero) is 2. The zero-order valence-electron chi connectivity index (χ0n) is 24.0. The predicted molar refractivity (Wildman–Crippen MR) is 175 cm³/mol. The molecule has 0 amide bonds. The Morgan fingerprint density at radius 2 is 0.822 bits per heavy atom. The van der Waals surface area contributed by atoms with E-state index in [1.54, 1.807) is 72.8 Å². The minimum atomic E-state index is -4.15. The van der Waals surface area contributed by atoms with E-state index in [9.17, 15) is 26.4 Å². The van der Waals surface area contributed by atoms with Crippen molar-refractivity contribution >= 4 is 54.8 Å². The number of aryl methyl sites for hydroxylation is 2. The molecule has 0 saturated heterocycles. The van der Waals surface area contributed by atoms with Crippen molar-refractivity contribution in [2.24, 2.45) is 8.80 Å². The number of thioether (sulfide) groups is 1. The van der Waals surface area contributed by atoms with Gasteiger partial charge in [-0.1, -0.05) is 95.7 Å². The Hall–Kier alpha value is -4.71. The Kier molecular flexibility index (Phi) is 7.86. The number of hydrogen-bond acceptors (Lipinski definition) is 7. The molecule has 0 bridgehead atoms. The summed E-state index contributed by atoms with van der Waals surface area (Å²) >= 11 is 0.812. The highest BCUT2D eigenvalue weighted by Crippen LogP contribution is 2.38. The van der Waals surface area contributed by atoms with E-state index in [0.29, 0.717) is 11.1 Å². The van der Waals surface area contributed by atoms with E-state index < -0.39 is 31.6 Å². The molecule has 4 aromatic carbocycles. The van der Waals surface area contributed by atoms with Gasteiger partial charge in [0.1, 0.15) is 0 Å². The van der Waals surface area contributed by atoms with Gasteiger partial charge in [-0.05, 0) is 50.3 Å². The van der Waals surface area contributed by atoms with Gasteiger partial charge in [0.2, 0.25) is 0 Å². The van der Waals surface area contributed by atoms with Crippen LogP contribution in [0.1, 0.15) is 43.0 Å². The van der Waals surface area contributed by atoms with Crippen LogP contribution in [0.4, 0.5) is 0 Å². The van der Waals surface area contributed by atoms with Crippen LogP contribution in [0.5, 0.6) is 0 Å². The van der Waals surface area contributed by atoms with Crippen LogP contribution in [0.3, 0.4) is 0 Å². The van der Waals surface area contributed by atoms with Crippen molar-refractivity contribution in [2.75, 3.05) is 0 Å². The molecule has 0 fully saturated rings. The first-order valence-corrected chi connectivity index (χ1v) is 17.4. The number of fused-ring (bicyclic) bond motifs is 2. The van der Waals surface area contributed by atoms with Gasteiger partial charge >= 0.3 is 0 Å². The fourth-order valence-corrected chi connectivity index (χ4v) is 7.79. The number of rotatable bonds is 6. The normalized spacial score (nSPS) is 16.7. The SMILES string of the molecule is Cc1ccc(S(=O)(=O)N=C2C=C(SC3=CC(=NS(=O)(=O)c4ccc(C)cc4)c4ccccc4C3=O)C(=O)c3ccccc32)cc1. The third kappa shape index (κ3) is 6.02. The highest BCUT2D eigenvalue weighted by molar-refractivity contribution is 8.08. The molecule has 8 nitrogen and oxygen atoms in total. The highest BCUT2D eigenvalue weighted by Gasteiger charge is 2.32. The van der Waals surface area contributed by atoms with Crippen molar-refractivity contribution in [3.05, 3.63) is 152 Å². The summed E-state index contributed by atoms with van der Waals surface area (Å²) in [6.45, 7) is 3.68. The van der Waals surface area contributed by atoms with Crippen LogP contribution in [0.25, 0.3) is 0 Å². The Labute approximate surface area is 265 Å². The smallest absolute Gasteiger partial charge is 0.282 e. The summed E-state index contributed by atoms with van der Waals surface area (Å²) in [6, 6.07) is 25.5. The molecule has 45 heavy (non-hydrogen) atoms. The second-order valence-electron chi connectivity index (χ2n) is 10.4. The van der Waals surface area contributed by atoms with Crippen LogP contribution in [0.2, 0.25) is 0 Å². The molecule has 0 N–H and O–H groups in total. The van der Waals surface area contributed by atoms with Crippen molar-refractivity contribution in [2.45, 2.75) is 23.6 Å². The standard InChI is InChI=1S/C34H24N2O6S3/c1-21-11-15-23(16-12-21)44(39,40)35-29-19-31(33(37)27-9-5-3-7-25(27)29)43-32-20-30(26-8-4-6-10-28(26)34(32)38)36-45(41,42)24-17-13-22(2)14-18-24/h3-20H,1-2H3. The third-order valence-corrected chi connectivity index (χ3v) is 10.8. The molecule has 0 aromatic heterocycles. The number of nitrogens with zero attached hydrogens (tertiary/aromatic N) is 2. The van der Waals surface area contributed by atoms with Gasteiger partial charge in [0.15, 0.2) is 11.6 Å². The van der Waals surface area contributed by atoms with E-state index in [2.05, 4.69) is 8.80 Å². The van der Waals surface area contributed by atoms with Crippen LogP contribution in [-0.4, -0.2) is 39.8 Å². The molecule has 11 heteroatoms. The first-order valence-electron chi connectivity index (χ1n) is 13.7.